The number of ether oxygens (including phenoxy) is 4. The summed E-state index contributed by atoms with van der Waals surface area (Å²) in [5, 5.41) is 0. The van der Waals surface area contributed by atoms with E-state index in [0.29, 0.717) is 5.92 Å². The topological polar surface area (TPSA) is 61.7 Å². The molecule has 8 atom stereocenters. The fourth-order valence-corrected chi connectivity index (χ4v) is 7.98. The monoisotopic (exact) mass is 442 g/mol. The molecule has 8 unspecified atom stereocenters. The van der Waals surface area contributed by atoms with Crippen LogP contribution in [0, 0.1) is 23.2 Å². The molecule has 1 spiro atoms. The molecule has 6 heteroatoms. The van der Waals surface area contributed by atoms with E-state index in [-0.39, 0.29) is 41.0 Å². The Balaban J connectivity index is 1.22. The molecule has 2 saturated carbocycles. The van der Waals surface area contributed by atoms with E-state index >= 15 is 0 Å². The molecular formula is C26H36NO5+. The second-order valence-corrected chi connectivity index (χ2v) is 11.2. The van der Waals surface area contributed by atoms with Gasteiger partial charge in [-0.2, -0.15) is 0 Å². The number of nitrogens with one attached hydrogen (secondary N) is 1. The Labute approximate surface area is 190 Å². The van der Waals surface area contributed by atoms with Gasteiger partial charge in [0.25, 0.3) is 0 Å². The molecule has 4 fully saturated rings. The summed E-state index contributed by atoms with van der Waals surface area (Å²) in [4.78, 5) is 14.5. The van der Waals surface area contributed by atoms with E-state index in [1.165, 1.54) is 35.3 Å². The summed E-state index contributed by atoms with van der Waals surface area (Å²) in [6.45, 7) is 7.50. The van der Waals surface area contributed by atoms with E-state index in [1.54, 1.807) is 14.2 Å². The maximum Gasteiger partial charge on any atom is 0.315 e. The van der Waals surface area contributed by atoms with Crippen LogP contribution in [0.4, 0.5) is 0 Å². The smallest absolute Gasteiger partial charge is 0.315 e. The number of carbonyl (C=O) groups is 1. The van der Waals surface area contributed by atoms with Crippen molar-refractivity contribution in [1.82, 2.24) is 0 Å². The molecule has 3 heterocycles. The molecule has 1 N–H and O–H groups in total. The van der Waals surface area contributed by atoms with Crippen LogP contribution >= 0.6 is 0 Å². The Morgan fingerprint density at radius 2 is 1.94 bits per heavy atom. The third-order valence-corrected chi connectivity index (χ3v) is 9.60. The number of esters is 1. The number of hydrogen-bond acceptors (Lipinski definition) is 5. The van der Waals surface area contributed by atoms with Gasteiger partial charge in [-0.15, -0.1) is 0 Å². The van der Waals surface area contributed by atoms with Gasteiger partial charge >= 0.3 is 5.97 Å². The second-order valence-electron chi connectivity index (χ2n) is 11.2. The minimum Gasteiger partial charge on any atom is -0.493 e. The zero-order valence-electron chi connectivity index (χ0n) is 19.7. The number of epoxide rings is 1. The van der Waals surface area contributed by atoms with Crippen molar-refractivity contribution in [2.45, 2.75) is 70.3 Å². The molecule has 0 amide bonds. The van der Waals surface area contributed by atoms with Crippen LogP contribution < -0.4 is 14.4 Å². The van der Waals surface area contributed by atoms with Crippen LogP contribution in [-0.2, 0) is 27.2 Å². The number of hydrogen-bond donors (Lipinski definition) is 1. The van der Waals surface area contributed by atoms with E-state index in [2.05, 4.69) is 26.0 Å². The Hall–Kier alpha value is -1.79. The van der Waals surface area contributed by atoms with Gasteiger partial charge in [0.1, 0.15) is 24.2 Å². The third-order valence-electron chi connectivity index (χ3n) is 9.60. The zero-order chi connectivity index (χ0) is 22.3. The average Bonchev–Trinajstić information content (AvgIpc) is 3.47. The van der Waals surface area contributed by atoms with Crippen molar-refractivity contribution in [3.63, 3.8) is 0 Å². The summed E-state index contributed by atoms with van der Waals surface area (Å²) in [5.41, 5.74) is 2.75. The third kappa shape index (κ3) is 2.75. The Bertz CT molecular complexity index is 948. The molecule has 32 heavy (non-hydrogen) atoms. The Kier molecular flexibility index (Phi) is 4.61. The molecule has 0 radical (unpaired) electrons. The number of fused-ring (bicyclic) bond motifs is 3. The first-order valence-electron chi connectivity index (χ1n) is 12.4. The van der Waals surface area contributed by atoms with Crippen LogP contribution in [0.2, 0.25) is 0 Å². The molecular weight excluding hydrogens is 406 g/mol. The van der Waals surface area contributed by atoms with Crippen molar-refractivity contribution in [2.24, 2.45) is 23.2 Å². The maximum absolute atomic E-state index is 13.1. The van der Waals surface area contributed by atoms with E-state index < -0.39 is 0 Å². The van der Waals surface area contributed by atoms with Gasteiger partial charge in [0.15, 0.2) is 11.5 Å². The number of benzene rings is 1. The molecule has 0 aromatic heterocycles. The summed E-state index contributed by atoms with van der Waals surface area (Å²) in [7, 11) is 3.36. The summed E-state index contributed by atoms with van der Waals surface area (Å²) in [6.07, 6.45) is 5.87. The SMILES string of the molecule is COc1cc2c(cc1OC)C[NH+](CC1C(=O)OC3CC4(C)CCCC(C)C45OC5C31)CC2. The van der Waals surface area contributed by atoms with Crippen LogP contribution in [0.3, 0.4) is 0 Å². The number of carbonyl (C=O) groups excluding carboxylic acids is 1. The number of quaternary nitrogens is 1. The van der Waals surface area contributed by atoms with Gasteiger partial charge in [0, 0.05) is 23.3 Å². The highest BCUT2D eigenvalue weighted by atomic mass is 16.6. The van der Waals surface area contributed by atoms with Crippen molar-refractivity contribution in [3.05, 3.63) is 23.3 Å². The molecule has 1 aromatic carbocycles. The zero-order valence-corrected chi connectivity index (χ0v) is 19.7. The lowest BCUT2D eigenvalue weighted by atomic mass is 9.53. The van der Waals surface area contributed by atoms with Crippen LogP contribution in [0.25, 0.3) is 0 Å². The van der Waals surface area contributed by atoms with Gasteiger partial charge in [0.05, 0.1) is 33.4 Å². The lowest BCUT2D eigenvalue weighted by Gasteiger charge is -2.48. The molecule has 0 bridgehead atoms. The number of rotatable bonds is 4. The molecule has 6 rings (SSSR count). The average molecular weight is 443 g/mol. The minimum absolute atomic E-state index is 0.00570. The normalized spacial score (nSPS) is 43.9. The molecule has 6 nitrogen and oxygen atoms in total. The standard InChI is InChI=1S/C26H35NO5/c1-15-6-5-8-25(2)12-21-22(23-26(15,25)32-23)18(24(28)31-21)14-27-9-7-16-10-19(29-3)20(30-4)11-17(16)13-27/h10-11,15,18,21-23H,5-9,12-14H2,1-4H3/p+1. The van der Waals surface area contributed by atoms with E-state index in [4.69, 9.17) is 18.9 Å². The van der Waals surface area contributed by atoms with Gasteiger partial charge < -0.3 is 23.8 Å². The molecule has 2 aliphatic carbocycles. The fraction of sp³-hybridized carbons (Fsp3) is 0.731. The summed E-state index contributed by atoms with van der Waals surface area (Å²) < 4.78 is 23.6. The van der Waals surface area contributed by atoms with Gasteiger partial charge in [-0.25, -0.2) is 0 Å². The van der Waals surface area contributed by atoms with Crippen LogP contribution in [0.5, 0.6) is 11.5 Å². The van der Waals surface area contributed by atoms with Crippen LogP contribution in [0.1, 0.15) is 50.7 Å². The van der Waals surface area contributed by atoms with E-state index in [1.807, 2.05) is 0 Å². The highest BCUT2D eigenvalue weighted by molar-refractivity contribution is 5.76. The van der Waals surface area contributed by atoms with Crippen LogP contribution in [-0.4, -0.2) is 51.1 Å². The molecule has 5 aliphatic rings. The predicted octanol–water partition coefficient (Wildman–Crippen LogP) is 2.17. The van der Waals surface area contributed by atoms with E-state index in [0.717, 1.165) is 44.0 Å². The van der Waals surface area contributed by atoms with E-state index in [9.17, 15) is 4.79 Å². The van der Waals surface area contributed by atoms with Gasteiger partial charge in [-0.1, -0.05) is 20.3 Å². The van der Waals surface area contributed by atoms with Gasteiger partial charge in [-0.3, -0.25) is 4.79 Å². The molecule has 1 aromatic rings. The minimum atomic E-state index is -0.0558. The summed E-state index contributed by atoms with van der Waals surface area (Å²) in [6, 6.07) is 4.22. The van der Waals surface area contributed by atoms with Crippen molar-refractivity contribution in [3.8, 4) is 11.5 Å². The first kappa shape index (κ1) is 20.8. The Morgan fingerprint density at radius 3 is 2.69 bits per heavy atom. The fourth-order valence-electron chi connectivity index (χ4n) is 7.98. The van der Waals surface area contributed by atoms with Gasteiger partial charge in [-0.05, 0) is 42.9 Å². The predicted molar refractivity (Wildman–Crippen MR) is 118 cm³/mol. The highest BCUT2D eigenvalue weighted by Crippen LogP contribution is 2.70. The Morgan fingerprint density at radius 1 is 1.19 bits per heavy atom. The van der Waals surface area contributed by atoms with Crippen molar-refractivity contribution in [2.75, 3.05) is 27.3 Å². The van der Waals surface area contributed by atoms with Gasteiger partial charge in [0.2, 0.25) is 0 Å². The van der Waals surface area contributed by atoms with Crippen molar-refractivity contribution >= 4 is 5.97 Å². The lowest BCUT2D eigenvalue weighted by molar-refractivity contribution is -0.918. The molecule has 3 aliphatic heterocycles. The largest absolute Gasteiger partial charge is 0.493 e. The van der Waals surface area contributed by atoms with Crippen molar-refractivity contribution < 1.29 is 28.6 Å². The quantitative estimate of drug-likeness (QED) is 0.572. The molecule has 2 saturated heterocycles. The second kappa shape index (κ2) is 7.10. The first-order valence-corrected chi connectivity index (χ1v) is 12.4. The summed E-state index contributed by atoms with van der Waals surface area (Å²) in [5.74, 6) is 2.31. The molecule has 174 valence electrons. The maximum atomic E-state index is 13.1. The lowest BCUT2D eigenvalue weighted by Crippen LogP contribution is -3.12. The highest BCUT2D eigenvalue weighted by Gasteiger charge is 2.78. The van der Waals surface area contributed by atoms with Crippen LogP contribution in [0.15, 0.2) is 12.1 Å². The summed E-state index contributed by atoms with van der Waals surface area (Å²) >= 11 is 0. The number of methoxy groups -OCH3 is 2. The van der Waals surface area contributed by atoms with Crippen molar-refractivity contribution in [1.29, 1.82) is 0 Å². The first-order chi connectivity index (χ1) is 15.4.